The Morgan fingerprint density at radius 1 is 1.30 bits per heavy atom. The minimum Gasteiger partial charge on any atom is -0.302 e. The van der Waals surface area contributed by atoms with Gasteiger partial charge in [0.15, 0.2) is 7.29 Å². The molecule has 2 nitrogen and oxygen atoms in total. The zero-order valence-corrected chi connectivity index (χ0v) is 6.71. The van der Waals surface area contributed by atoms with E-state index in [1.54, 1.807) is 18.8 Å². The maximum Gasteiger partial charge on any atom is 0.170 e. The van der Waals surface area contributed by atoms with Gasteiger partial charge < -0.3 is 4.57 Å². The summed E-state index contributed by atoms with van der Waals surface area (Å²) in [6.07, 6.45) is 0. The van der Waals surface area contributed by atoms with Crippen molar-refractivity contribution in [1.29, 1.82) is 0 Å². The Morgan fingerprint density at radius 2 is 1.80 bits per heavy atom. The van der Waals surface area contributed by atoms with Crippen molar-refractivity contribution in [3.05, 3.63) is 30.3 Å². The third-order valence-corrected chi connectivity index (χ3v) is 2.59. The maximum atomic E-state index is 11.2. The van der Waals surface area contributed by atoms with Crippen LogP contribution in [0.1, 0.15) is 0 Å². The quantitative estimate of drug-likeness (QED) is 0.619. The molecule has 0 aliphatic carbocycles. The van der Waals surface area contributed by atoms with Crippen LogP contribution in [-0.4, -0.2) is 6.66 Å². The van der Waals surface area contributed by atoms with E-state index in [9.17, 15) is 4.57 Å². The van der Waals surface area contributed by atoms with Crippen LogP contribution >= 0.6 is 7.29 Å². The lowest BCUT2D eigenvalue weighted by molar-refractivity contribution is 0.586. The highest BCUT2D eigenvalue weighted by molar-refractivity contribution is 7.68. The number of hydrogen-bond donors (Lipinski definition) is 1. The van der Waals surface area contributed by atoms with E-state index in [2.05, 4.69) is 0 Å². The molecule has 0 heterocycles. The second-order valence-electron chi connectivity index (χ2n) is 2.33. The predicted octanol–water partition coefficient (Wildman–Crippen LogP) is 1.18. The molecule has 0 spiro atoms. The molecular formula is C7H10NOP. The molecule has 0 aliphatic rings. The average Bonchev–Trinajstić information content (AvgIpc) is 1.88. The van der Waals surface area contributed by atoms with Crippen molar-refractivity contribution in [2.75, 3.05) is 6.66 Å². The van der Waals surface area contributed by atoms with Crippen LogP contribution in [0, 0.1) is 0 Å². The molecule has 1 unspecified atom stereocenters. The van der Waals surface area contributed by atoms with Gasteiger partial charge in [0.25, 0.3) is 0 Å². The van der Waals surface area contributed by atoms with Crippen LogP contribution in [0.5, 0.6) is 0 Å². The fraction of sp³-hybridized carbons (Fsp3) is 0.143. The smallest absolute Gasteiger partial charge is 0.170 e. The van der Waals surface area contributed by atoms with Crippen LogP contribution in [0.3, 0.4) is 0 Å². The lowest BCUT2D eigenvalue weighted by Gasteiger charge is -2.04. The Morgan fingerprint density at radius 3 is 2.10 bits per heavy atom. The highest BCUT2D eigenvalue weighted by Gasteiger charge is 2.08. The molecule has 54 valence electrons. The molecule has 1 aromatic rings. The second kappa shape index (κ2) is 2.57. The van der Waals surface area contributed by atoms with Gasteiger partial charge in [0.2, 0.25) is 0 Å². The lowest BCUT2D eigenvalue weighted by Crippen LogP contribution is -2.08. The first-order valence-corrected chi connectivity index (χ1v) is 5.25. The molecule has 0 fully saturated rings. The van der Waals surface area contributed by atoms with E-state index in [4.69, 9.17) is 5.50 Å². The fourth-order valence-electron chi connectivity index (χ4n) is 0.724. The van der Waals surface area contributed by atoms with Crippen LogP contribution in [0.2, 0.25) is 0 Å². The molecule has 0 radical (unpaired) electrons. The number of hydrogen-bond acceptors (Lipinski definition) is 1. The summed E-state index contributed by atoms with van der Waals surface area (Å²) in [5.74, 6) is 0. The van der Waals surface area contributed by atoms with Gasteiger partial charge in [0, 0.05) is 12.0 Å². The van der Waals surface area contributed by atoms with E-state index < -0.39 is 7.29 Å². The Bertz CT molecular complexity index is 252. The molecule has 1 rings (SSSR count). The topological polar surface area (TPSA) is 43.1 Å². The highest BCUT2D eigenvalue weighted by Crippen LogP contribution is 2.28. The Hall–Kier alpha value is -0.590. The van der Waals surface area contributed by atoms with Crippen LogP contribution < -0.4 is 10.8 Å². The summed E-state index contributed by atoms with van der Waals surface area (Å²) in [5, 5.41) is 0.731. The first kappa shape index (κ1) is 7.52. The van der Waals surface area contributed by atoms with Gasteiger partial charge >= 0.3 is 0 Å². The third kappa shape index (κ3) is 1.69. The predicted molar refractivity (Wildman–Crippen MR) is 43.8 cm³/mol. The Labute approximate surface area is 60.5 Å². The first-order chi connectivity index (χ1) is 4.61. The third-order valence-electron chi connectivity index (χ3n) is 1.27. The maximum absolute atomic E-state index is 11.2. The summed E-state index contributed by atoms with van der Waals surface area (Å²) in [6, 6.07) is 9.09. The van der Waals surface area contributed by atoms with Gasteiger partial charge in [-0.25, -0.2) is 0 Å². The van der Waals surface area contributed by atoms with Gasteiger partial charge in [-0.3, -0.25) is 5.50 Å². The molecule has 0 saturated heterocycles. The van der Waals surface area contributed by atoms with Crippen LogP contribution in [0.25, 0.3) is 0 Å². The SMILES string of the molecule is CP(N)(=O)c1ccccc1. The summed E-state index contributed by atoms with van der Waals surface area (Å²) >= 11 is 0. The van der Waals surface area contributed by atoms with E-state index in [0.717, 1.165) is 5.30 Å². The van der Waals surface area contributed by atoms with Crippen molar-refractivity contribution in [2.24, 2.45) is 5.50 Å². The number of nitrogens with two attached hydrogens (primary N) is 1. The zero-order valence-electron chi connectivity index (χ0n) is 5.82. The highest BCUT2D eigenvalue weighted by atomic mass is 31.2. The van der Waals surface area contributed by atoms with E-state index in [0.29, 0.717) is 0 Å². The van der Waals surface area contributed by atoms with Gasteiger partial charge in [-0.15, -0.1) is 0 Å². The minimum atomic E-state index is -2.52. The van der Waals surface area contributed by atoms with Crippen molar-refractivity contribution < 1.29 is 4.57 Å². The number of benzene rings is 1. The Kier molecular flexibility index (Phi) is 1.93. The zero-order chi connectivity index (χ0) is 7.61. The molecule has 0 saturated carbocycles. The molecule has 0 aliphatic heterocycles. The Balaban J connectivity index is 3.09. The van der Waals surface area contributed by atoms with Crippen molar-refractivity contribution >= 4 is 12.6 Å². The van der Waals surface area contributed by atoms with E-state index in [1.165, 1.54) is 0 Å². The summed E-state index contributed by atoms with van der Waals surface area (Å²) in [7, 11) is -2.52. The largest absolute Gasteiger partial charge is 0.302 e. The molecule has 3 heteroatoms. The standard InChI is InChI=1S/C7H10NOP/c1-10(8,9)7-5-3-2-4-6-7/h2-6H,1H3,(H2,8,9). The molecule has 1 atom stereocenters. The van der Waals surface area contributed by atoms with Crippen LogP contribution in [0.15, 0.2) is 30.3 Å². The van der Waals surface area contributed by atoms with E-state index in [-0.39, 0.29) is 0 Å². The lowest BCUT2D eigenvalue weighted by atomic mass is 10.4. The van der Waals surface area contributed by atoms with Crippen molar-refractivity contribution in [2.45, 2.75) is 0 Å². The van der Waals surface area contributed by atoms with Gasteiger partial charge in [-0.1, -0.05) is 30.3 Å². The molecule has 1 aromatic carbocycles. The van der Waals surface area contributed by atoms with Gasteiger partial charge in [0.05, 0.1) is 0 Å². The van der Waals surface area contributed by atoms with Gasteiger partial charge in [0.1, 0.15) is 0 Å². The van der Waals surface area contributed by atoms with E-state index >= 15 is 0 Å². The van der Waals surface area contributed by atoms with Crippen molar-refractivity contribution in [3.63, 3.8) is 0 Å². The van der Waals surface area contributed by atoms with Crippen LogP contribution in [-0.2, 0) is 4.57 Å². The first-order valence-electron chi connectivity index (χ1n) is 3.02. The minimum absolute atomic E-state index is 0.731. The summed E-state index contributed by atoms with van der Waals surface area (Å²) in [5.41, 5.74) is 5.41. The second-order valence-corrected chi connectivity index (χ2v) is 4.82. The number of rotatable bonds is 1. The summed E-state index contributed by atoms with van der Waals surface area (Å²) < 4.78 is 11.2. The van der Waals surface area contributed by atoms with Crippen molar-refractivity contribution in [3.8, 4) is 0 Å². The molecule has 0 amide bonds. The molecule has 0 aromatic heterocycles. The summed E-state index contributed by atoms with van der Waals surface area (Å²) in [4.78, 5) is 0. The van der Waals surface area contributed by atoms with Crippen LogP contribution in [0.4, 0.5) is 0 Å². The monoisotopic (exact) mass is 155 g/mol. The molecule has 2 N–H and O–H groups in total. The van der Waals surface area contributed by atoms with Crippen molar-refractivity contribution in [1.82, 2.24) is 0 Å². The normalized spacial score (nSPS) is 16.2. The van der Waals surface area contributed by atoms with Gasteiger partial charge in [-0.05, 0) is 0 Å². The van der Waals surface area contributed by atoms with Gasteiger partial charge in [-0.2, -0.15) is 0 Å². The van der Waals surface area contributed by atoms with E-state index in [1.807, 2.05) is 18.2 Å². The molecular weight excluding hydrogens is 145 g/mol. The molecule has 0 bridgehead atoms. The average molecular weight is 155 g/mol. The fourth-order valence-corrected chi connectivity index (χ4v) is 1.49. The molecule has 10 heavy (non-hydrogen) atoms. The summed E-state index contributed by atoms with van der Waals surface area (Å²) in [6.45, 7) is 1.56.